The van der Waals surface area contributed by atoms with Gasteiger partial charge in [0.1, 0.15) is 5.75 Å². The van der Waals surface area contributed by atoms with Gasteiger partial charge < -0.3 is 15.5 Å². The van der Waals surface area contributed by atoms with E-state index >= 15 is 0 Å². The third kappa shape index (κ3) is 2.92. The highest BCUT2D eigenvalue weighted by Gasteiger charge is 2.32. The van der Waals surface area contributed by atoms with Crippen molar-refractivity contribution in [1.82, 2.24) is 5.32 Å². The summed E-state index contributed by atoms with van der Waals surface area (Å²) >= 11 is 0. The smallest absolute Gasteiger partial charge is 0.308 e. The predicted octanol–water partition coefficient (Wildman–Crippen LogP) is 2.07. The van der Waals surface area contributed by atoms with E-state index in [-0.39, 0.29) is 17.4 Å². The van der Waals surface area contributed by atoms with Crippen LogP contribution in [0, 0.1) is 12.8 Å². The molecule has 1 aliphatic carbocycles. The number of phenolic OH excluding ortho intramolecular Hbond substituents is 1. The van der Waals surface area contributed by atoms with Gasteiger partial charge >= 0.3 is 5.97 Å². The van der Waals surface area contributed by atoms with Crippen LogP contribution in [0.25, 0.3) is 0 Å². The van der Waals surface area contributed by atoms with Gasteiger partial charge in [0.2, 0.25) is 0 Å². The molecular weight excluding hydrogens is 258 g/mol. The summed E-state index contributed by atoms with van der Waals surface area (Å²) in [5, 5.41) is 21.8. The molecule has 5 nitrogen and oxygen atoms in total. The normalized spacial score (nSPS) is 22.2. The number of nitrogens with one attached hydrogen (secondary N) is 1. The van der Waals surface area contributed by atoms with Crippen LogP contribution in [-0.2, 0) is 4.79 Å². The summed E-state index contributed by atoms with van der Waals surface area (Å²) in [6, 6.07) is 4.58. The Balaban J connectivity index is 2.14. The van der Waals surface area contributed by atoms with Gasteiger partial charge in [-0.05, 0) is 31.4 Å². The number of carbonyl (C=O) groups is 2. The number of benzene rings is 1. The topological polar surface area (TPSA) is 86.6 Å². The van der Waals surface area contributed by atoms with E-state index in [1.165, 1.54) is 6.07 Å². The van der Waals surface area contributed by atoms with Crippen LogP contribution in [0.5, 0.6) is 5.75 Å². The second kappa shape index (κ2) is 5.94. The van der Waals surface area contributed by atoms with Gasteiger partial charge in [0.15, 0.2) is 0 Å². The molecule has 20 heavy (non-hydrogen) atoms. The highest BCUT2D eigenvalue weighted by molar-refractivity contribution is 5.97. The molecule has 1 saturated carbocycles. The van der Waals surface area contributed by atoms with Crippen molar-refractivity contribution in [3.05, 3.63) is 29.3 Å². The second-order valence-corrected chi connectivity index (χ2v) is 5.28. The summed E-state index contributed by atoms with van der Waals surface area (Å²) in [7, 11) is 0. The van der Waals surface area contributed by atoms with Gasteiger partial charge in [-0.3, -0.25) is 9.59 Å². The molecule has 2 rings (SSSR count). The average Bonchev–Trinajstić information content (AvgIpc) is 2.42. The summed E-state index contributed by atoms with van der Waals surface area (Å²) in [6.07, 6.45) is 3.03. The van der Waals surface area contributed by atoms with Crippen LogP contribution in [0.2, 0.25) is 0 Å². The Kier molecular flexibility index (Phi) is 4.27. The molecule has 2 unspecified atom stereocenters. The minimum Gasteiger partial charge on any atom is -0.507 e. The standard InChI is InChI=1S/C15H19NO4/c1-9-5-4-7-11(13(9)17)14(18)16-12-8-3-2-6-10(12)15(19)20/h4-5,7,10,12,17H,2-3,6,8H2,1H3,(H,16,18)(H,19,20). The molecule has 0 aromatic heterocycles. The molecule has 108 valence electrons. The fourth-order valence-electron chi connectivity index (χ4n) is 2.69. The fraction of sp³-hybridized carbons (Fsp3) is 0.467. The molecule has 2 atom stereocenters. The number of carboxylic acid groups (broad SMARTS) is 1. The monoisotopic (exact) mass is 277 g/mol. The van der Waals surface area contributed by atoms with Gasteiger partial charge in [0, 0.05) is 6.04 Å². The van der Waals surface area contributed by atoms with E-state index in [0.29, 0.717) is 18.4 Å². The number of amides is 1. The molecule has 0 radical (unpaired) electrons. The number of para-hydroxylation sites is 1. The Labute approximate surface area is 117 Å². The van der Waals surface area contributed by atoms with E-state index in [4.69, 9.17) is 0 Å². The first-order chi connectivity index (χ1) is 9.50. The molecule has 1 aliphatic rings. The third-order valence-corrected chi connectivity index (χ3v) is 3.88. The lowest BCUT2D eigenvalue weighted by Gasteiger charge is -2.29. The summed E-state index contributed by atoms with van der Waals surface area (Å²) in [6.45, 7) is 1.72. The van der Waals surface area contributed by atoms with E-state index in [2.05, 4.69) is 5.32 Å². The van der Waals surface area contributed by atoms with Gasteiger partial charge in [0.05, 0.1) is 11.5 Å². The van der Waals surface area contributed by atoms with Crippen LogP contribution in [0.15, 0.2) is 18.2 Å². The zero-order chi connectivity index (χ0) is 14.7. The van der Waals surface area contributed by atoms with Crippen molar-refractivity contribution < 1.29 is 19.8 Å². The van der Waals surface area contributed by atoms with E-state index in [1.54, 1.807) is 19.1 Å². The van der Waals surface area contributed by atoms with E-state index in [9.17, 15) is 19.8 Å². The molecule has 1 aromatic rings. The van der Waals surface area contributed by atoms with Gasteiger partial charge in [0.25, 0.3) is 5.91 Å². The average molecular weight is 277 g/mol. The first-order valence-electron chi connectivity index (χ1n) is 6.83. The quantitative estimate of drug-likeness (QED) is 0.789. The molecule has 0 heterocycles. The zero-order valence-electron chi connectivity index (χ0n) is 11.4. The highest BCUT2D eigenvalue weighted by Crippen LogP contribution is 2.26. The number of carbonyl (C=O) groups excluding carboxylic acids is 1. The van der Waals surface area contributed by atoms with Crippen molar-refractivity contribution in [2.75, 3.05) is 0 Å². The number of carboxylic acids is 1. The maximum absolute atomic E-state index is 12.2. The number of aryl methyl sites for hydroxylation is 1. The highest BCUT2D eigenvalue weighted by atomic mass is 16.4. The Morgan fingerprint density at radius 3 is 2.65 bits per heavy atom. The lowest BCUT2D eigenvalue weighted by atomic mass is 9.84. The Morgan fingerprint density at radius 2 is 1.95 bits per heavy atom. The first-order valence-corrected chi connectivity index (χ1v) is 6.83. The molecule has 3 N–H and O–H groups in total. The molecule has 0 aliphatic heterocycles. The number of rotatable bonds is 3. The lowest BCUT2D eigenvalue weighted by Crippen LogP contribution is -2.45. The van der Waals surface area contributed by atoms with E-state index < -0.39 is 17.8 Å². The number of hydrogen-bond donors (Lipinski definition) is 3. The molecule has 5 heteroatoms. The Morgan fingerprint density at radius 1 is 1.25 bits per heavy atom. The fourth-order valence-corrected chi connectivity index (χ4v) is 2.69. The van der Waals surface area contributed by atoms with Crippen molar-refractivity contribution in [2.45, 2.75) is 38.6 Å². The summed E-state index contributed by atoms with van der Waals surface area (Å²) < 4.78 is 0. The minimum absolute atomic E-state index is 0.0484. The van der Waals surface area contributed by atoms with Crippen LogP contribution < -0.4 is 5.32 Å². The largest absolute Gasteiger partial charge is 0.507 e. The minimum atomic E-state index is -0.872. The first kappa shape index (κ1) is 14.4. The predicted molar refractivity (Wildman–Crippen MR) is 73.7 cm³/mol. The zero-order valence-corrected chi connectivity index (χ0v) is 11.4. The number of phenols is 1. The molecule has 0 saturated heterocycles. The number of aromatic hydroxyl groups is 1. The molecule has 1 amide bonds. The van der Waals surface area contributed by atoms with E-state index in [1.807, 2.05) is 0 Å². The van der Waals surface area contributed by atoms with Gasteiger partial charge in [-0.15, -0.1) is 0 Å². The molecule has 1 aromatic carbocycles. The Hall–Kier alpha value is -2.04. The van der Waals surface area contributed by atoms with Gasteiger partial charge in [-0.1, -0.05) is 25.0 Å². The van der Waals surface area contributed by atoms with Gasteiger partial charge in [-0.2, -0.15) is 0 Å². The van der Waals surface area contributed by atoms with E-state index in [0.717, 1.165) is 12.8 Å². The van der Waals surface area contributed by atoms with Gasteiger partial charge in [-0.25, -0.2) is 0 Å². The van der Waals surface area contributed by atoms with Crippen molar-refractivity contribution in [3.63, 3.8) is 0 Å². The third-order valence-electron chi connectivity index (χ3n) is 3.88. The van der Waals surface area contributed by atoms with Crippen LogP contribution in [-0.4, -0.2) is 28.1 Å². The van der Waals surface area contributed by atoms with Crippen molar-refractivity contribution >= 4 is 11.9 Å². The van der Waals surface area contributed by atoms with Crippen LogP contribution >= 0.6 is 0 Å². The molecule has 0 spiro atoms. The maximum atomic E-state index is 12.2. The lowest BCUT2D eigenvalue weighted by molar-refractivity contribution is -0.143. The van der Waals surface area contributed by atoms with Crippen LogP contribution in [0.1, 0.15) is 41.6 Å². The SMILES string of the molecule is Cc1cccc(C(=O)NC2CCCCC2C(=O)O)c1O. The molecule has 1 fully saturated rings. The van der Waals surface area contributed by atoms with Crippen LogP contribution in [0.4, 0.5) is 0 Å². The molecular formula is C15H19NO4. The molecule has 0 bridgehead atoms. The summed E-state index contributed by atoms with van der Waals surface area (Å²) in [4.78, 5) is 23.4. The summed E-state index contributed by atoms with van der Waals surface area (Å²) in [5.41, 5.74) is 0.816. The van der Waals surface area contributed by atoms with Crippen molar-refractivity contribution in [1.29, 1.82) is 0 Å². The summed E-state index contributed by atoms with van der Waals surface area (Å²) in [5.74, 6) is -1.87. The second-order valence-electron chi connectivity index (χ2n) is 5.28. The number of hydrogen-bond acceptors (Lipinski definition) is 3. The van der Waals surface area contributed by atoms with Crippen LogP contribution in [0.3, 0.4) is 0 Å². The maximum Gasteiger partial charge on any atom is 0.308 e. The Bertz CT molecular complexity index is 527. The number of aliphatic carboxylic acids is 1. The van der Waals surface area contributed by atoms with Crippen molar-refractivity contribution in [2.24, 2.45) is 5.92 Å². The van der Waals surface area contributed by atoms with Crippen molar-refractivity contribution in [3.8, 4) is 5.75 Å².